The van der Waals surface area contributed by atoms with Crippen molar-refractivity contribution in [3.05, 3.63) is 85.2 Å². The maximum atomic E-state index is 4.27. The highest BCUT2D eigenvalue weighted by Crippen LogP contribution is 2.77. The maximum absolute atomic E-state index is 4.27. The summed E-state index contributed by atoms with van der Waals surface area (Å²) in [5.74, 6) is 0.560. The van der Waals surface area contributed by atoms with Gasteiger partial charge in [-0.1, -0.05) is 56.3 Å². The molecule has 5 rings (SSSR count). The standard InChI is InChI=1S/C22H22N2/c1-4-22-16(2)21(22,3)18-12-8-9-13-19(18)24-15-14-23(20(22)24)17-10-6-5-7-11-17/h4-16,20H,1H2,2-3H3/t16-,20+,21?,22+/m1/s1. The molecule has 2 aliphatic heterocycles. The third-order valence-corrected chi connectivity index (χ3v) is 6.87. The number of nitrogens with zero attached hydrogens (tertiary/aromatic N) is 2. The van der Waals surface area contributed by atoms with Crippen molar-refractivity contribution in [2.24, 2.45) is 11.3 Å². The van der Waals surface area contributed by atoms with Crippen LogP contribution in [0.25, 0.3) is 0 Å². The molecule has 2 aromatic carbocycles. The van der Waals surface area contributed by atoms with E-state index in [-0.39, 0.29) is 17.0 Å². The van der Waals surface area contributed by atoms with Crippen molar-refractivity contribution in [2.45, 2.75) is 25.4 Å². The monoisotopic (exact) mass is 314 g/mol. The summed E-state index contributed by atoms with van der Waals surface area (Å²) in [5, 5.41) is 0. The second kappa shape index (κ2) is 4.32. The van der Waals surface area contributed by atoms with Crippen molar-refractivity contribution in [3.63, 3.8) is 0 Å². The zero-order valence-electron chi connectivity index (χ0n) is 14.2. The molecule has 0 saturated heterocycles. The number of benzene rings is 2. The Bertz CT molecular complexity index is 855. The molecule has 1 fully saturated rings. The Hall–Kier alpha value is -2.48. The van der Waals surface area contributed by atoms with Gasteiger partial charge in [-0.25, -0.2) is 0 Å². The average molecular weight is 314 g/mol. The molecular formula is C22H22N2. The zero-order chi connectivity index (χ0) is 16.5. The van der Waals surface area contributed by atoms with Crippen LogP contribution in [0, 0.1) is 11.3 Å². The highest BCUT2D eigenvalue weighted by atomic mass is 15.4. The van der Waals surface area contributed by atoms with Crippen molar-refractivity contribution >= 4 is 11.4 Å². The van der Waals surface area contributed by atoms with Gasteiger partial charge < -0.3 is 9.80 Å². The molecule has 3 aliphatic rings. The third-order valence-electron chi connectivity index (χ3n) is 6.87. The Morgan fingerprint density at radius 1 is 0.958 bits per heavy atom. The van der Waals surface area contributed by atoms with Crippen LogP contribution in [0.3, 0.4) is 0 Å². The van der Waals surface area contributed by atoms with E-state index in [4.69, 9.17) is 0 Å². The van der Waals surface area contributed by atoms with E-state index in [1.807, 2.05) is 0 Å². The van der Waals surface area contributed by atoms with Crippen LogP contribution in [0.5, 0.6) is 0 Å². The maximum Gasteiger partial charge on any atom is 0.120 e. The molecule has 0 amide bonds. The van der Waals surface area contributed by atoms with Gasteiger partial charge >= 0.3 is 0 Å². The molecule has 1 saturated carbocycles. The summed E-state index contributed by atoms with van der Waals surface area (Å²) < 4.78 is 0. The fraction of sp³-hybridized carbons (Fsp3) is 0.273. The summed E-state index contributed by atoms with van der Waals surface area (Å²) in [6.07, 6.45) is 6.92. The summed E-state index contributed by atoms with van der Waals surface area (Å²) >= 11 is 0. The summed E-state index contributed by atoms with van der Waals surface area (Å²) in [6, 6.07) is 19.5. The van der Waals surface area contributed by atoms with Crippen molar-refractivity contribution in [1.29, 1.82) is 0 Å². The van der Waals surface area contributed by atoms with E-state index in [9.17, 15) is 0 Å². The molecule has 0 radical (unpaired) electrons. The first-order valence-corrected chi connectivity index (χ1v) is 8.69. The topological polar surface area (TPSA) is 6.48 Å². The molecule has 0 aromatic heterocycles. The molecule has 2 heteroatoms. The minimum Gasteiger partial charge on any atom is -0.324 e. The fourth-order valence-electron chi connectivity index (χ4n) is 5.44. The van der Waals surface area contributed by atoms with E-state index in [0.29, 0.717) is 5.92 Å². The zero-order valence-corrected chi connectivity index (χ0v) is 14.2. The van der Waals surface area contributed by atoms with Crippen LogP contribution in [0.1, 0.15) is 19.4 Å². The molecule has 0 N–H and O–H groups in total. The minimum atomic E-state index is 0.0562. The highest BCUT2D eigenvalue weighted by molar-refractivity contribution is 5.74. The van der Waals surface area contributed by atoms with Crippen LogP contribution >= 0.6 is 0 Å². The van der Waals surface area contributed by atoms with Gasteiger partial charge in [0.05, 0.1) is 0 Å². The van der Waals surface area contributed by atoms with Gasteiger partial charge in [-0.15, -0.1) is 6.58 Å². The Labute approximate surface area is 143 Å². The Morgan fingerprint density at radius 2 is 1.62 bits per heavy atom. The van der Waals surface area contributed by atoms with Crippen molar-refractivity contribution < 1.29 is 0 Å². The molecule has 4 atom stereocenters. The van der Waals surface area contributed by atoms with Crippen molar-refractivity contribution in [3.8, 4) is 0 Å². The molecule has 0 spiro atoms. The molecule has 2 nitrogen and oxygen atoms in total. The summed E-state index contributed by atoms with van der Waals surface area (Å²) in [6.45, 7) is 9.07. The van der Waals surface area contributed by atoms with E-state index in [1.54, 1.807) is 0 Å². The first kappa shape index (κ1) is 13.9. The van der Waals surface area contributed by atoms with E-state index >= 15 is 0 Å². The van der Waals surface area contributed by atoms with Gasteiger partial charge in [0.15, 0.2) is 0 Å². The Morgan fingerprint density at radius 3 is 2.38 bits per heavy atom. The smallest absolute Gasteiger partial charge is 0.120 e. The SMILES string of the molecule is C=C[C@]12[C@H]3N(c4ccccc4)C=CN3c3ccccc3C1(C)[C@H]2C. The van der Waals surface area contributed by atoms with Gasteiger partial charge in [-0.05, 0) is 29.7 Å². The van der Waals surface area contributed by atoms with E-state index < -0.39 is 0 Å². The number of hydrogen-bond acceptors (Lipinski definition) is 2. The number of fused-ring (bicyclic) bond motifs is 6. The normalized spacial score (nSPS) is 35.2. The number of para-hydroxylation sites is 2. The van der Waals surface area contributed by atoms with Crippen LogP contribution in [-0.2, 0) is 5.41 Å². The minimum absolute atomic E-state index is 0.0562. The lowest BCUT2D eigenvalue weighted by molar-refractivity contribution is 0.407. The van der Waals surface area contributed by atoms with Gasteiger partial charge in [0.2, 0.25) is 0 Å². The molecule has 2 aromatic rings. The predicted molar refractivity (Wildman–Crippen MR) is 99.9 cm³/mol. The lowest BCUT2D eigenvalue weighted by atomic mass is 9.80. The number of rotatable bonds is 2. The van der Waals surface area contributed by atoms with Crippen LogP contribution in [0.2, 0.25) is 0 Å². The molecule has 120 valence electrons. The van der Waals surface area contributed by atoms with Crippen LogP contribution in [0.15, 0.2) is 79.7 Å². The second-order valence-electron chi connectivity index (χ2n) is 7.40. The fourth-order valence-corrected chi connectivity index (χ4v) is 5.44. The second-order valence-corrected chi connectivity index (χ2v) is 7.40. The molecule has 24 heavy (non-hydrogen) atoms. The van der Waals surface area contributed by atoms with E-state index in [1.165, 1.54) is 16.9 Å². The van der Waals surface area contributed by atoms with Gasteiger partial charge in [0.1, 0.15) is 6.17 Å². The van der Waals surface area contributed by atoms with Crippen LogP contribution in [0.4, 0.5) is 11.4 Å². The first-order valence-electron chi connectivity index (χ1n) is 8.69. The Kier molecular flexibility index (Phi) is 2.51. The average Bonchev–Trinajstić information content (AvgIpc) is 2.96. The first-order chi connectivity index (χ1) is 11.7. The van der Waals surface area contributed by atoms with Gasteiger partial charge in [0.25, 0.3) is 0 Å². The van der Waals surface area contributed by atoms with E-state index in [2.05, 4.69) is 103 Å². The van der Waals surface area contributed by atoms with Crippen molar-refractivity contribution in [1.82, 2.24) is 0 Å². The lowest BCUT2D eigenvalue weighted by Gasteiger charge is -2.44. The predicted octanol–water partition coefficient (Wildman–Crippen LogP) is 4.90. The third kappa shape index (κ3) is 1.31. The van der Waals surface area contributed by atoms with Gasteiger partial charge in [0, 0.05) is 34.6 Å². The number of anilines is 2. The molecule has 1 unspecified atom stereocenters. The summed E-state index contributed by atoms with van der Waals surface area (Å²) in [7, 11) is 0. The molecule has 2 heterocycles. The van der Waals surface area contributed by atoms with Crippen LogP contribution in [-0.4, -0.2) is 6.17 Å². The van der Waals surface area contributed by atoms with Gasteiger partial charge in [-0.2, -0.15) is 0 Å². The lowest BCUT2D eigenvalue weighted by Crippen LogP contribution is -2.51. The van der Waals surface area contributed by atoms with Crippen molar-refractivity contribution in [2.75, 3.05) is 9.80 Å². The summed E-state index contributed by atoms with van der Waals surface area (Å²) in [5.41, 5.74) is 4.23. The summed E-state index contributed by atoms with van der Waals surface area (Å²) in [4.78, 5) is 4.86. The molecular weight excluding hydrogens is 292 g/mol. The quantitative estimate of drug-likeness (QED) is 0.727. The molecule has 0 bridgehead atoms. The van der Waals surface area contributed by atoms with E-state index in [0.717, 1.165) is 0 Å². The number of hydrogen-bond donors (Lipinski definition) is 0. The van der Waals surface area contributed by atoms with Crippen LogP contribution < -0.4 is 9.80 Å². The highest BCUT2D eigenvalue weighted by Gasteiger charge is 2.78. The molecule has 1 aliphatic carbocycles. The van der Waals surface area contributed by atoms with Gasteiger partial charge in [-0.3, -0.25) is 0 Å². The Balaban J connectivity index is 1.74. The largest absolute Gasteiger partial charge is 0.324 e.